The number of nitro groups is 1. The topological polar surface area (TPSA) is 82.0 Å². The summed E-state index contributed by atoms with van der Waals surface area (Å²) >= 11 is 5.97. The molecule has 0 saturated heterocycles. The Morgan fingerprint density at radius 2 is 1.86 bits per heavy atom. The van der Waals surface area contributed by atoms with Gasteiger partial charge in [-0.3, -0.25) is 10.1 Å². The molecule has 5 nitrogen and oxygen atoms in total. The molecule has 0 aliphatic heterocycles. The van der Waals surface area contributed by atoms with Crippen molar-refractivity contribution in [3.63, 3.8) is 0 Å². The van der Waals surface area contributed by atoms with Gasteiger partial charge in [-0.25, -0.2) is 4.98 Å². The largest absolute Gasteiger partial charge is 0.383 e. The van der Waals surface area contributed by atoms with E-state index in [1.165, 1.54) is 6.07 Å². The summed E-state index contributed by atoms with van der Waals surface area (Å²) in [6.45, 7) is 0. The predicted molar refractivity (Wildman–Crippen MR) is 83.3 cm³/mol. The number of para-hydroxylation sites is 1. The molecular formula is C15H10ClN3O2. The Hall–Kier alpha value is -2.66. The summed E-state index contributed by atoms with van der Waals surface area (Å²) in [7, 11) is 0. The number of pyridine rings is 1. The lowest BCUT2D eigenvalue weighted by Crippen LogP contribution is -1.98. The van der Waals surface area contributed by atoms with Crippen molar-refractivity contribution >= 4 is 34.0 Å². The summed E-state index contributed by atoms with van der Waals surface area (Å²) in [4.78, 5) is 15.0. The van der Waals surface area contributed by atoms with E-state index in [0.717, 1.165) is 5.39 Å². The van der Waals surface area contributed by atoms with Crippen molar-refractivity contribution < 1.29 is 4.92 Å². The van der Waals surface area contributed by atoms with E-state index in [9.17, 15) is 10.1 Å². The third-order valence-electron chi connectivity index (χ3n) is 3.20. The van der Waals surface area contributed by atoms with Crippen LogP contribution in [0.2, 0.25) is 5.02 Å². The van der Waals surface area contributed by atoms with Crippen molar-refractivity contribution in [2.45, 2.75) is 0 Å². The first-order chi connectivity index (χ1) is 10.1. The number of aromatic nitrogens is 1. The Morgan fingerprint density at radius 3 is 2.62 bits per heavy atom. The van der Waals surface area contributed by atoms with Gasteiger partial charge < -0.3 is 5.73 Å². The van der Waals surface area contributed by atoms with Gasteiger partial charge in [-0.15, -0.1) is 0 Å². The van der Waals surface area contributed by atoms with E-state index < -0.39 is 4.92 Å². The lowest BCUT2D eigenvalue weighted by molar-refractivity contribution is -0.384. The highest BCUT2D eigenvalue weighted by Gasteiger charge is 2.17. The molecule has 0 spiro atoms. The number of hydrogen-bond donors (Lipinski definition) is 1. The fourth-order valence-electron chi connectivity index (χ4n) is 2.24. The van der Waals surface area contributed by atoms with Gasteiger partial charge in [-0.1, -0.05) is 23.7 Å². The lowest BCUT2D eigenvalue weighted by Gasteiger charge is -2.08. The zero-order valence-corrected chi connectivity index (χ0v) is 11.5. The minimum Gasteiger partial charge on any atom is -0.383 e. The second-order valence-corrected chi connectivity index (χ2v) is 4.97. The maximum Gasteiger partial charge on any atom is 0.277 e. The van der Waals surface area contributed by atoms with Crippen molar-refractivity contribution in [3.8, 4) is 11.1 Å². The van der Waals surface area contributed by atoms with Crippen molar-refractivity contribution in [1.29, 1.82) is 0 Å². The normalized spacial score (nSPS) is 10.7. The molecule has 1 heterocycles. The van der Waals surface area contributed by atoms with E-state index in [-0.39, 0.29) is 11.5 Å². The molecule has 0 amide bonds. The molecule has 0 atom stereocenters. The standard InChI is InChI=1S/C15H10ClN3O2/c16-10-5-6-13-9(7-10)8-12(15(17)18-13)11-3-1-2-4-14(11)19(20)21/h1-8H,(H2,17,18). The Bertz CT molecular complexity index is 865. The van der Waals surface area contributed by atoms with Crippen LogP contribution in [0.25, 0.3) is 22.0 Å². The molecule has 3 rings (SSSR count). The van der Waals surface area contributed by atoms with E-state index in [2.05, 4.69) is 4.98 Å². The number of benzene rings is 2. The molecular weight excluding hydrogens is 290 g/mol. The van der Waals surface area contributed by atoms with Crippen LogP contribution >= 0.6 is 11.6 Å². The molecule has 0 radical (unpaired) electrons. The molecule has 2 N–H and O–H groups in total. The minimum atomic E-state index is -0.434. The van der Waals surface area contributed by atoms with Crippen LogP contribution < -0.4 is 5.73 Å². The van der Waals surface area contributed by atoms with Gasteiger partial charge in [0, 0.05) is 22.0 Å². The van der Waals surface area contributed by atoms with Crippen LogP contribution in [0.1, 0.15) is 0 Å². The van der Waals surface area contributed by atoms with Gasteiger partial charge in [0.15, 0.2) is 0 Å². The van der Waals surface area contributed by atoms with Crippen molar-refractivity contribution in [1.82, 2.24) is 4.98 Å². The van der Waals surface area contributed by atoms with Crippen LogP contribution in [0.3, 0.4) is 0 Å². The lowest BCUT2D eigenvalue weighted by atomic mass is 10.0. The molecule has 0 fully saturated rings. The van der Waals surface area contributed by atoms with Gasteiger partial charge in [0.05, 0.1) is 16.0 Å². The second kappa shape index (κ2) is 5.03. The zero-order valence-electron chi connectivity index (χ0n) is 10.8. The molecule has 3 aromatic rings. The van der Waals surface area contributed by atoms with Gasteiger partial charge in [0.25, 0.3) is 5.69 Å². The number of anilines is 1. The van der Waals surface area contributed by atoms with Crippen LogP contribution in [0.4, 0.5) is 11.5 Å². The first kappa shape index (κ1) is 13.3. The minimum absolute atomic E-state index is 0.00706. The number of hydrogen-bond acceptors (Lipinski definition) is 4. The number of nitrogens with zero attached hydrogens (tertiary/aromatic N) is 2. The Labute approximate surface area is 125 Å². The average molecular weight is 300 g/mol. The fraction of sp³-hybridized carbons (Fsp3) is 0. The maximum atomic E-state index is 11.1. The first-order valence-electron chi connectivity index (χ1n) is 6.16. The Morgan fingerprint density at radius 1 is 1.10 bits per heavy atom. The zero-order chi connectivity index (χ0) is 15.0. The molecule has 0 unspecified atom stereocenters. The van der Waals surface area contributed by atoms with Gasteiger partial charge in [-0.2, -0.15) is 0 Å². The Kier molecular flexibility index (Phi) is 3.19. The number of halogens is 1. The summed E-state index contributed by atoms with van der Waals surface area (Å²) in [6, 6.07) is 13.4. The molecule has 0 aliphatic rings. The highest BCUT2D eigenvalue weighted by molar-refractivity contribution is 6.31. The van der Waals surface area contributed by atoms with Gasteiger partial charge in [-0.05, 0) is 30.3 Å². The maximum absolute atomic E-state index is 11.1. The SMILES string of the molecule is Nc1nc2ccc(Cl)cc2cc1-c1ccccc1[N+](=O)[O-]. The molecule has 0 saturated carbocycles. The van der Waals surface area contributed by atoms with Crippen LogP contribution in [0.15, 0.2) is 48.5 Å². The fourth-order valence-corrected chi connectivity index (χ4v) is 2.42. The predicted octanol–water partition coefficient (Wildman–Crippen LogP) is 4.05. The molecule has 0 aliphatic carbocycles. The number of nitrogen functional groups attached to an aromatic ring is 1. The van der Waals surface area contributed by atoms with Crippen LogP contribution in [-0.4, -0.2) is 9.91 Å². The number of nitrogens with two attached hydrogens (primary N) is 1. The molecule has 1 aromatic heterocycles. The van der Waals surface area contributed by atoms with Crippen molar-refractivity contribution in [2.24, 2.45) is 0 Å². The van der Waals surface area contributed by atoms with Crippen LogP contribution in [-0.2, 0) is 0 Å². The Balaban J connectivity index is 2.30. The van der Waals surface area contributed by atoms with Crippen molar-refractivity contribution in [2.75, 3.05) is 5.73 Å². The van der Waals surface area contributed by atoms with E-state index in [4.69, 9.17) is 17.3 Å². The second-order valence-electron chi connectivity index (χ2n) is 4.53. The summed E-state index contributed by atoms with van der Waals surface area (Å²) < 4.78 is 0. The molecule has 2 aromatic carbocycles. The average Bonchev–Trinajstić information content (AvgIpc) is 2.47. The van der Waals surface area contributed by atoms with Gasteiger partial charge in [0.1, 0.15) is 5.82 Å². The highest BCUT2D eigenvalue weighted by atomic mass is 35.5. The molecule has 6 heteroatoms. The highest BCUT2D eigenvalue weighted by Crippen LogP contribution is 2.34. The van der Waals surface area contributed by atoms with E-state index in [1.807, 2.05) is 0 Å². The number of nitro benzene ring substituents is 1. The number of rotatable bonds is 2. The van der Waals surface area contributed by atoms with E-state index in [0.29, 0.717) is 21.7 Å². The molecule has 104 valence electrons. The quantitative estimate of drug-likeness (QED) is 0.571. The van der Waals surface area contributed by atoms with Crippen LogP contribution in [0.5, 0.6) is 0 Å². The number of fused-ring (bicyclic) bond motifs is 1. The van der Waals surface area contributed by atoms with Gasteiger partial charge in [0.2, 0.25) is 0 Å². The summed E-state index contributed by atoms with van der Waals surface area (Å²) in [5.74, 6) is 0.249. The van der Waals surface area contributed by atoms with E-state index >= 15 is 0 Å². The first-order valence-corrected chi connectivity index (χ1v) is 6.53. The monoisotopic (exact) mass is 299 g/mol. The summed E-state index contributed by atoms with van der Waals surface area (Å²) in [5, 5.41) is 12.5. The smallest absolute Gasteiger partial charge is 0.277 e. The van der Waals surface area contributed by atoms with Crippen LogP contribution in [0, 0.1) is 10.1 Å². The van der Waals surface area contributed by atoms with E-state index in [1.54, 1.807) is 42.5 Å². The third kappa shape index (κ3) is 2.39. The van der Waals surface area contributed by atoms with Crippen molar-refractivity contribution in [3.05, 3.63) is 63.7 Å². The van der Waals surface area contributed by atoms with Gasteiger partial charge >= 0.3 is 0 Å². The summed E-state index contributed by atoms with van der Waals surface area (Å²) in [6.07, 6.45) is 0. The molecule has 0 bridgehead atoms. The molecule has 21 heavy (non-hydrogen) atoms. The summed E-state index contributed by atoms with van der Waals surface area (Å²) in [5.41, 5.74) is 7.61. The third-order valence-corrected chi connectivity index (χ3v) is 3.43.